The number of nitrogens with zero attached hydrogens (tertiary/aromatic N) is 6. The molecular formula is C32H41F3N10S. The van der Waals surface area contributed by atoms with Gasteiger partial charge in [0.2, 0.25) is 5.95 Å². The lowest BCUT2D eigenvalue weighted by Crippen LogP contribution is -2.47. The Morgan fingerprint density at radius 3 is 2.41 bits per heavy atom. The highest BCUT2D eigenvalue weighted by atomic mass is 32.1. The minimum atomic E-state index is -4.28. The molecule has 0 spiro atoms. The summed E-state index contributed by atoms with van der Waals surface area (Å²) in [6, 6.07) is 11.0. The molecule has 4 aromatic rings. The number of halogens is 3. The molecule has 0 amide bonds. The van der Waals surface area contributed by atoms with Crippen LogP contribution in [0.15, 0.2) is 24.3 Å². The summed E-state index contributed by atoms with van der Waals surface area (Å²) in [5, 5.41) is 15.1. The van der Waals surface area contributed by atoms with Crippen molar-refractivity contribution in [1.29, 1.82) is 5.26 Å². The molecule has 2 saturated heterocycles. The van der Waals surface area contributed by atoms with E-state index in [1.54, 1.807) is 0 Å². The van der Waals surface area contributed by atoms with Crippen LogP contribution in [0.4, 0.5) is 24.9 Å². The van der Waals surface area contributed by atoms with Crippen molar-refractivity contribution in [3.63, 3.8) is 0 Å². The van der Waals surface area contributed by atoms with Gasteiger partial charge in [-0.2, -0.15) is 23.4 Å². The number of hydrazine groups is 1. The Morgan fingerprint density at radius 1 is 1.00 bits per heavy atom. The number of nitrogens with two attached hydrogens (primary N) is 1. The van der Waals surface area contributed by atoms with Crippen LogP contribution in [0.5, 0.6) is 0 Å². The van der Waals surface area contributed by atoms with Crippen molar-refractivity contribution < 1.29 is 13.2 Å². The number of anilines is 2. The lowest BCUT2D eigenvalue weighted by Gasteiger charge is -2.33. The zero-order valence-electron chi connectivity index (χ0n) is 26.3. The number of rotatable bonds is 10. The predicted molar refractivity (Wildman–Crippen MR) is 177 cm³/mol. The number of nitrogens with one attached hydrogen (secondary N) is 3. The fourth-order valence-electron chi connectivity index (χ4n) is 6.82. The molecule has 0 aliphatic carbocycles. The molecule has 10 nitrogen and oxygen atoms in total. The molecule has 2 aliphatic rings. The Bertz CT molecular complexity index is 1710. The number of hydrogen-bond donors (Lipinski definition) is 4. The van der Waals surface area contributed by atoms with Gasteiger partial charge in [-0.3, -0.25) is 15.8 Å². The largest absolute Gasteiger partial charge is 0.393 e. The highest BCUT2D eigenvalue weighted by Gasteiger charge is 2.30. The minimum absolute atomic E-state index is 0.0504. The lowest BCUT2D eigenvalue weighted by molar-refractivity contribution is -0.126. The lowest BCUT2D eigenvalue weighted by atomic mass is 10.0. The van der Waals surface area contributed by atoms with E-state index in [-0.39, 0.29) is 16.9 Å². The third-order valence-corrected chi connectivity index (χ3v) is 10.3. The van der Waals surface area contributed by atoms with Crippen LogP contribution in [0.3, 0.4) is 0 Å². The Labute approximate surface area is 270 Å². The molecule has 0 saturated carbocycles. The van der Waals surface area contributed by atoms with Gasteiger partial charge in [-0.15, -0.1) is 11.3 Å². The van der Waals surface area contributed by atoms with Crippen LogP contribution in [-0.4, -0.2) is 82.4 Å². The van der Waals surface area contributed by atoms with E-state index in [0.717, 1.165) is 93.7 Å². The quantitative estimate of drug-likeness (QED) is 0.179. The maximum absolute atomic E-state index is 13.0. The van der Waals surface area contributed by atoms with E-state index in [1.165, 1.54) is 17.2 Å². The Balaban J connectivity index is 1.07. The highest BCUT2D eigenvalue weighted by Crippen LogP contribution is 2.34. The molecule has 3 aromatic heterocycles. The number of aryl methyl sites for hydroxylation is 1. The third-order valence-electron chi connectivity index (χ3n) is 9.32. The van der Waals surface area contributed by atoms with Crippen molar-refractivity contribution in [3.05, 3.63) is 46.0 Å². The summed E-state index contributed by atoms with van der Waals surface area (Å²) < 4.78 is 41.1. The Hall–Kier alpha value is -3.48. The number of piperidine rings is 2. The van der Waals surface area contributed by atoms with Crippen molar-refractivity contribution in [3.8, 4) is 6.07 Å². The third kappa shape index (κ3) is 7.39. The van der Waals surface area contributed by atoms with Crippen LogP contribution >= 0.6 is 11.3 Å². The second-order valence-corrected chi connectivity index (χ2v) is 13.5. The summed E-state index contributed by atoms with van der Waals surface area (Å²) in [6.45, 7) is 8.49. The summed E-state index contributed by atoms with van der Waals surface area (Å²) in [5.74, 6) is 0.550. The van der Waals surface area contributed by atoms with E-state index < -0.39 is 12.6 Å². The molecule has 0 atom stereocenters. The van der Waals surface area contributed by atoms with Gasteiger partial charge in [0.05, 0.1) is 11.8 Å². The molecular weight excluding hydrogens is 613 g/mol. The van der Waals surface area contributed by atoms with Gasteiger partial charge in [-0.25, -0.2) is 4.98 Å². The van der Waals surface area contributed by atoms with Gasteiger partial charge in [0.15, 0.2) is 0 Å². The molecule has 0 radical (unpaired) electrons. The standard InChI is InChI=1S/C32H41F3N10S/c1-20-21(3-4-28-26(20)15-24(18-36)45(28)14-13-43-9-7-23(8-10-43)42-38-2)19-44-11-5-22(6-12-44)39-29-27-16-25(17-32(33,34)35)46-30(27)41-31(37)40-29/h3-4,15-16,22-23,38,42H,5-14,17,19H2,1-2H3,(H3,37,39,40,41). The van der Waals surface area contributed by atoms with Crippen LogP contribution in [0, 0.1) is 18.3 Å². The van der Waals surface area contributed by atoms with E-state index in [9.17, 15) is 18.4 Å². The first kappa shape index (κ1) is 32.5. The van der Waals surface area contributed by atoms with E-state index in [2.05, 4.69) is 65.6 Å². The van der Waals surface area contributed by atoms with Gasteiger partial charge in [0, 0.05) is 60.6 Å². The molecule has 5 heterocycles. The molecule has 0 bridgehead atoms. The Kier molecular flexibility index (Phi) is 9.67. The smallest absolute Gasteiger partial charge is 0.368 e. The van der Waals surface area contributed by atoms with Crippen LogP contribution in [-0.2, 0) is 19.5 Å². The number of likely N-dealkylation sites (tertiary alicyclic amines) is 2. The van der Waals surface area contributed by atoms with Crippen LogP contribution in [0.1, 0.15) is 47.4 Å². The zero-order valence-corrected chi connectivity index (χ0v) is 27.1. The fourth-order valence-corrected chi connectivity index (χ4v) is 7.89. The topological polar surface area (TPSA) is 123 Å². The van der Waals surface area contributed by atoms with Crippen molar-refractivity contribution >= 4 is 44.2 Å². The minimum Gasteiger partial charge on any atom is -0.368 e. The summed E-state index contributed by atoms with van der Waals surface area (Å²) in [4.78, 5) is 14.1. The summed E-state index contributed by atoms with van der Waals surface area (Å²) >= 11 is 1.01. The first-order valence-electron chi connectivity index (χ1n) is 15.9. The van der Waals surface area contributed by atoms with Gasteiger partial charge < -0.3 is 20.5 Å². The molecule has 246 valence electrons. The first-order valence-corrected chi connectivity index (χ1v) is 16.7. The molecule has 5 N–H and O–H groups in total. The SMILES string of the molecule is CNNC1CCN(CCn2c(C#N)cc3c(C)c(CN4CCC(Nc5nc(N)nc6sc(CC(F)(F)F)cc56)CC4)ccc32)CC1. The van der Waals surface area contributed by atoms with Gasteiger partial charge >= 0.3 is 6.18 Å². The van der Waals surface area contributed by atoms with Crippen molar-refractivity contribution in [1.82, 2.24) is 35.2 Å². The Morgan fingerprint density at radius 2 is 1.72 bits per heavy atom. The average Bonchev–Trinajstić information content (AvgIpc) is 3.59. The van der Waals surface area contributed by atoms with Gasteiger partial charge in [-0.1, -0.05) is 6.07 Å². The number of alkyl halides is 3. The maximum atomic E-state index is 13.0. The molecule has 6 rings (SSSR count). The van der Waals surface area contributed by atoms with Crippen molar-refractivity contribution in [2.75, 3.05) is 50.8 Å². The molecule has 46 heavy (non-hydrogen) atoms. The van der Waals surface area contributed by atoms with Crippen molar-refractivity contribution in [2.24, 2.45) is 0 Å². The van der Waals surface area contributed by atoms with Gasteiger partial charge in [-0.05, 0) is 82.1 Å². The summed E-state index contributed by atoms with van der Waals surface area (Å²) in [6.07, 6.45) is -1.34. The second-order valence-electron chi connectivity index (χ2n) is 12.4. The van der Waals surface area contributed by atoms with Gasteiger partial charge in [0.25, 0.3) is 0 Å². The van der Waals surface area contributed by atoms with Crippen LogP contribution in [0.25, 0.3) is 21.1 Å². The monoisotopic (exact) mass is 654 g/mol. The number of nitrogen functional groups attached to an aromatic ring is 1. The first-order chi connectivity index (χ1) is 22.1. The molecule has 0 unspecified atom stereocenters. The summed E-state index contributed by atoms with van der Waals surface area (Å²) in [7, 11) is 1.91. The molecule has 1 aromatic carbocycles. The maximum Gasteiger partial charge on any atom is 0.393 e. The van der Waals surface area contributed by atoms with Crippen molar-refractivity contribution in [2.45, 2.75) is 70.4 Å². The van der Waals surface area contributed by atoms with Crippen LogP contribution in [0.2, 0.25) is 0 Å². The zero-order chi connectivity index (χ0) is 32.4. The number of hydrogen-bond acceptors (Lipinski definition) is 10. The normalized spacial score (nSPS) is 17.7. The van der Waals surface area contributed by atoms with E-state index in [1.807, 2.05) is 13.1 Å². The number of aromatic nitrogens is 3. The van der Waals surface area contributed by atoms with E-state index in [0.29, 0.717) is 27.8 Å². The second kappa shape index (κ2) is 13.7. The van der Waals surface area contributed by atoms with Gasteiger partial charge in [0.1, 0.15) is 22.4 Å². The average molecular weight is 655 g/mol. The number of nitriles is 1. The van der Waals surface area contributed by atoms with E-state index >= 15 is 0 Å². The summed E-state index contributed by atoms with van der Waals surface area (Å²) in [5.41, 5.74) is 16.5. The highest BCUT2D eigenvalue weighted by molar-refractivity contribution is 7.18. The number of benzene rings is 1. The number of fused-ring (bicyclic) bond motifs is 2. The fraction of sp³-hybridized carbons (Fsp3) is 0.531. The molecule has 14 heteroatoms. The molecule has 2 aliphatic heterocycles. The molecule has 2 fully saturated rings. The van der Waals surface area contributed by atoms with E-state index in [4.69, 9.17) is 5.73 Å². The number of thiophene rings is 1. The van der Waals surface area contributed by atoms with Crippen LogP contribution < -0.4 is 21.9 Å². The predicted octanol–water partition coefficient (Wildman–Crippen LogP) is 4.78.